The van der Waals surface area contributed by atoms with Gasteiger partial charge in [0.05, 0.1) is 0 Å². The SMILES string of the molecule is CCCN(C(=O)c1ccc(Oc2ccc(F)c(F)c2)cc1)C1CCNCC1. The van der Waals surface area contributed by atoms with Crippen LogP contribution in [-0.4, -0.2) is 36.5 Å². The molecule has 1 saturated heterocycles. The Balaban J connectivity index is 1.70. The summed E-state index contributed by atoms with van der Waals surface area (Å²) >= 11 is 0. The second kappa shape index (κ2) is 8.95. The van der Waals surface area contributed by atoms with Gasteiger partial charge in [0.15, 0.2) is 11.6 Å². The molecular formula is C21H24F2N2O2. The first-order valence-corrected chi connectivity index (χ1v) is 9.33. The largest absolute Gasteiger partial charge is 0.457 e. The van der Waals surface area contributed by atoms with Gasteiger partial charge in [-0.25, -0.2) is 8.78 Å². The van der Waals surface area contributed by atoms with Crippen molar-refractivity contribution in [3.63, 3.8) is 0 Å². The van der Waals surface area contributed by atoms with E-state index in [1.54, 1.807) is 24.3 Å². The molecule has 144 valence electrons. The molecule has 0 spiro atoms. The molecule has 2 aromatic rings. The molecule has 27 heavy (non-hydrogen) atoms. The Morgan fingerprint density at radius 1 is 1.07 bits per heavy atom. The maximum absolute atomic E-state index is 13.3. The van der Waals surface area contributed by atoms with Crippen molar-refractivity contribution in [1.29, 1.82) is 0 Å². The molecular weight excluding hydrogens is 350 g/mol. The highest BCUT2D eigenvalue weighted by Crippen LogP contribution is 2.24. The number of piperidine rings is 1. The molecule has 0 aromatic heterocycles. The molecule has 0 aliphatic carbocycles. The minimum absolute atomic E-state index is 0.0168. The van der Waals surface area contributed by atoms with Crippen LogP contribution in [0.1, 0.15) is 36.5 Å². The van der Waals surface area contributed by atoms with Crippen LogP contribution >= 0.6 is 0 Å². The van der Waals surface area contributed by atoms with E-state index >= 15 is 0 Å². The van der Waals surface area contributed by atoms with Crippen molar-refractivity contribution in [1.82, 2.24) is 10.2 Å². The number of hydrogen-bond acceptors (Lipinski definition) is 3. The van der Waals surface area contributed by atoms with Crippen LogP contribution in [0.2, 0.25) is 0 Å². The molecule has 1 heterocycles. The number of benzene rings is 2. The molecule has 6 heteroatoms. The van der Waals surface area contributed by atoms with Crippen LogP contribution in [0.5, 0.6) is 11.5 Å². The van der Waals surface area contributed by atoms with Crippen molar-refractivity contribution in [2.45, 2.75) is 32.2 Å². The number of carbonyl (C=O) groups excluding carboxylic acids is 1. The summed E-state index contributed by atoms with van der Waals surface area (Å²) in [4.78, 5) is 14.9. The first-order valence-electron chi connectivity index (χ1n) is 9.33. The van der Waals surface area contributed by atoms with E-state index in [9.17, 15) is 13.6 Å². The van der Waals surface area contributed by atoms with E-state index in [0.29, 0.717) is 11.3 Å². The zero-order valence-corrected chi connectivity index (χ0v) is 15.4. The number of rotatable bonds is 6. The molecule has 1 amide bonds. The summed E-state index contributed by atoms with van der Waals surface area (Å²) in [6, 6.07) is 10.4. The van der Waals surface area contributed by atoms with E-state index in [2.05, 4.69) is 12.2 Å². The summed E-state index contributed by atoms with van der Waals surface area (Å²) in [5.41, 5.74) is 0.597. The van der Waals surface area contributed by atoms with Gasteiger partial charge in [0, 0.05) is 24.2 Å². The van der Waals surface area contributed by atoms with E-state index in [1.807, 2.05) is 4.90 Å². The van der Waals surface area contributed by atoms with Gasteiger partial charge in [0.1, 0.15) is 11.5 Å². The van der Waals surface area contributed by atoms with Gasteiger partial charge in [-0.3, -0.25) is 4.79 Å². The van der Waals surface area contributed by atoms with Crippen LogP contribution in [-0.2, 0) is 0 Å². The highest BCUT2D eigenvalue weighted by atomic mass is 19.2. The number of nitrogens with zero attached hydrogens (tertiary/aromatic N) is 1. The molecule has 0 saturated carbocycles. The Labute approximate surface area is 158 Å². The summed E-state index contributed by atoms with van der Waals surface area (Å²) in [7, 11) is 0. The normalized spacial score (nSPS) is 14.8. The van der Waals surface area contributed by atoms with Crippen LogP contribution in [0.25, 0.3) is 0 Å². The Kier molecular flexibility index (Phi) is 6.40. The number of ether oxygens (including phenoxy) is 1. The van der Waals surface area contributed by atoms with Gasteiger partial charge in [-0.1, -0.05) is 6.92 Å². The Hall–Kier alpha value is -2.47. The fourth-order valence-electron chi connectivity index (χ4n) is 3.32. The summed E-state index contributed by atoms with van der Waals surface area (Å²) in [5, 5.41) is 3.32. The summed E-state index contributed by atoms with van der Waals surface area (Å²) < 4.78 is 31.8. The number of carbonyl (C=O) groups is 1. The topological polar surface area (TPSA) is 41.6 Å². The second-order valence-electron chi connectivity index (χ2n) is 6.68. The van der Waals surface area contributed by atoms with Crippen molar-refractivity contribution in [3.8, 4) is 11.5 Å². The van der Waals surface area contributed by atoms with Gasteiger partial charge in [-0.15, -0.1) is 0 Å². The lowest BCUT2D eigenvalue weighted by Crippen LogP contribution is -2.46. The molecule has 1 aliphatic heterocycles. The van der Waals surface area contributed by atoms with Gasteiger partial charge in [0.2, 0.25) is 0 Å². The molecule has 3 rings (SSSR count). The lowest BCUT2D eigenvalue weighted by atomic mass is 10.0. The molecule has 0 radical (unpaired) electrons. The quantitative estimate of drug-likeness (QED) is 0.817. The molecule has 0 unspecified atom stereocenters. The van der Waals surface area contributed by atoms with Crippen molar-refractivity contribution >= 4 is 5.91 Å². The maximum Gasteiger partial charge on any atom is 0.254 e. The monoisotopic (exact) mass is 374 g/mol. The lowest BCUT2D eigenvalue weighted by molar-refractivity contribution is 0.0642. The third kappa shape index (κ3) is 4.83. The number of nitrogens with one attached hydrogen (secondary N) is 1. The average molecular weight is 374 g/mol. The van der Waals surface area contributed by atoms with E-state index < -0.39 is 11.6 Å². The number of hydrogen-bond donors (Lipinski definition) is 1. The van der Waals surface area contributed by atoms with Gasteiger partial charge >= 0.3 is 0 Å². The summed E-state index contributed by atoms with van der Waals surface area (Å²) in [5.74, 6) is -1.20. The van der Waals surface area contributed by atoms with Crippen LogP contribution in [0.3, 0.4) is 0 Å². The Morgan fingerprint density at radius 3 is 2.37 bits per heavy atom. The van der Waals surface area contributed by atoms with E-state index in [0.717, 1.165) is 51.0 Å². The standard InChI is InChI=1S/C21H24F2N2O2/c1-2-13-25(16-9-11-24-12-10-16)21(26)15-3-5-17(6-4-15)27-18-7-8-19(22)20(23)14-18/h3-8,14,16,24H,2,9-13H2,1H3. The second-order valence-corrected chi connectivity index (χ2v) is 6.68. The number of amides is 1. The third-order valence-electron chi connectivity index (χ3n) is 4.70. The predicted molar refractivity (Wildman–Crippen MR) is 100 cm³/mol. The van der Waals surface area contributed by atoms with E-state index in [4.69, 9.17) is 4.74 Å². The molecule has 2 aromatic carbocycles. The molecule has 1 aliphatic rings. The zero-order chi connectivity index (χ0) is 19.2. The highest BCUT2D eigenvalue weighted by molar-refractivity contribution is 5.94. The first-order chi connectivity index (χ1) is 13.1. The maximum atomic E-state index is 13.3. The summed E-state index contributed by atoms with van der Waals surface area (Å²) in [6.07, 6.45) is 2.83. The molecule has 1 fully saturated rings. The number of halogens is 2. The third-order valence-corrected chi connectivity index (χ3v) is 4.70. The molecule has 1 N–H and O–H groups in total. The van der Waals surface area contributed by atoms with E-state index in [-0.39, 0.29) is 17.7 Å². The van der Waals surface area contributed by atoms with Crippen molar-refractivity contribution in [2.24, 2.45) is 0 Å². The van der Waals surface area contributed by atoms with Crippen LogP contribution in [0.15, 0.2) is 42.5 Å². The van der Waals surface area contributed by atoms with Crippen LogP contribution in [0, 0.1) is 11.6 Å². The van der Waals surface area contributed by atoms with Crippen LogP contribution in [0.4, 0.5) is 8.78 Å². The fourth-order valence-corrected chi connectivity index (χ4v) is 3.32. The smallest absolute Gasteiger partial charge is 0.254 e. The molecule has 0 bridgehead atoms. The molecule has 4 nitrogen and oxygen atoms in total. The van der Waals surface area contributed by atoms with E-state index in [1.165, 1.54) is 6.07 Å². The zero-order valence-electron chi connectivity index (χ0n) is 15.4. The summed E-state index contributed by atoms with van der Waals surface area (Å²) in [6.45, 7) is 4.66. The molecule has 0 atom stereocenters. The minimum atomic E-state index is -0.962. The lowest BCUT2D eigenvalue weighted by Gasteiger charge is -2.34. The highest BCUT2D eigenvalue weighted by Gasteiger charge is 2.25. The fraction of sp³-hybridized carbons (Fsp3) is 0.381. The predicted octanol–water partition coefficient (Wildman–Crippen LogP) is 4.36. The average Bonchev–Trinajstić information content (AvgIpc) is 2.70. The first kappa shape index (κ1) is 19.3. The van der Waals surface area contributed by atoms with Crippen molar-refractivity contribution < 1.29 is 18.3 Å². The van der Waals surface area contributed by atoms with Gasteiger partial charge in [0.25, 0.3) is 5.91 Å². The van der Waals surface area contributed by atoms with Crippen molar-refractivity contribution in [2.75, 3.05) is 19.6 Å². The minimum Gasteiger partial charge on any atom is -0.457 e. The van der Waals surface area contributed by atoms with Gasteiger partial charge in [-0.05, 0) is 68.8 Å². The van der Waals surface area contributed by atoms with Gasteiger partial charge < -0.3 is 15.0 Å². The van der Waals surface area contributed by atoms with Crippen molar-refractivity contribution in [3.05, 3.63) is 59.7 Å². The van der Waals surface area contributed by atoms with Crippen LogP contribution < -0.4 is 10.1 Å². The Bertz CT molecular complexity index is 774. The van der Waals surface area contributed by atoms with Gasteiger partial charge in [-0.2, -0.15) is 0 Å². The Morgan fingerprint density at radius 2 is 1.74 bits per heavy atom.